The van der Waals surface area contributed by atoms with Gasteiger partial charge in [0.15, 0.2) is 0 Å². The van der Waals surface area contributed by atoms with Crippen LogP contribution < -0.4 is 10.1 Å². The quantitative estimate of drug-likeness (QED) is 0.837. The molecule has 1 saturated carbocycles. The van der Waals surface area contributed by atoms with Crippen LogP contribution in [0.4, 0.5) is 0 Å². The van der Waals surface area contributed by atoms with Gasteiger partial charge in [0.1, 0.15) is 11.9 Å². The maximum Gasteiger partial charge on any atom is 0.119 e. The monoisotopic (exact) mass is 261 g/mol. The third kappa shape index (κ3) is 4.24. The van der Waals surface area contributed by atoms with Gasteiger partial charge in [-0.25, -0.2) is 0 Å². The number of hydrogen-bond donors (Lipinski definition) is 1. The number of rotatable bonds is 6. The Morgan fingerprint density at radius 2 is 1.84 bits per heavy atom. The molecule has 0 aliphatic heterocycles. The molecule has 2 nitrogen and oxygen atoms in total. The van der Waals surface area contributed by atoms with Crippen molar-refractivity contribution in [3.05, 3.63) is 29.8 Å². The van der Waals surface area contributed by atoms with Crippen LogP contribution in [0, 0.1) is 0 Å². The molecule has 1 aliphatic rings. The molecule has 2 rings (SSSR count). The first-order valence-electron chi connectivity index (χ1n) is 7.82. The molecule has 0 bridgehead atoms. The van der Waals surface area contributed by atoms with Crippen molar-refractivity contribution in [1.82, 2.24) is 5.32 Å². The molecule has 2 atom stereocenters. The molecule has 0 radical (unpaired) electrons. The smallest absolute Gasteiger partial charge is 0.119 e. The van der Waals surface area contributed by atoms with Gasteiger partial charge in [0, 0.05) is 6.04 Å². The predicted octanol–water partition coefficient (Wildman–Crippen LogP) is 3.94. The first kappa shape index (κ1) is 14.4. The van der Waals surface area contributed by atoms with Crippen molar-refractivity contribution in [2.24, 2.45) is 0 Å². The minimum atomic E-state index is 0.341. The molecule has 106 valence electrons. The fourth-order valence-corrected chi connectivity index (χ4v) is 2.78. The van der Waals surface area contributed by atoms with Crippen LogP contribution in [0.2, 0.25) is 0 Å². The Kier molecular flexibility index (Phi) is 5.71. The summed E-state index contributed by atoms with van der Waals surface area (Å²) in [6.45, 7) is 5.50. The van der Waals surface area contributed by atoms with E-state index < -0.39 is 0 Å². The molecule has 0 heterocycles. The molecule has 1 N–H and O–H groups in total. The maximum atomic E-state index is 6.20. The average Bonchev–Trinajstić information content (AvgIpc) is 2.47. The Balaban J connectivity index is 1.93. The van der Waals surface area contributed by atoms with Crippen molar-refractivity contribution in [2.75, 3.05) is 6.54 Å². The second kappa shape index (κ2) is 7.54. The van der Waals surface area contributed by atoms with Crippen molar-refractivity contribution in [3.8, 4) is 5.75 Å². The van der Waals surface area contributed by atoms with Crippen molar-refractivity contribution in [3.63, 3.8) is 0 Å². The third-order valence-corrected chi connectivity index (χ3v) is 3.98. The summed E-state index contributed by atoms with van der Waals surface area (Å²) in [5.74, 6) is 1.02. The van der Waals surface area contributed by atoms with Gasteiger partial charge in [-0.1, -0.05) is 32.4 Å². The van der Waals surface area contributed by atoms with E-state index in [9.17, 15) is 0 Å². The molecule has 0 saturated heterocycles. The molecule has 1 aromatic rings. The van der Waals surface area contributed by atoms with Gasteiger partial charge in [-0.2, -0.15) is 0 Å². The van der Waals surface area contributed by atoms with Gasteiger partial charge in [-0.3, -0.25) is 0 Å². The molecule has 2 heteroatoms. The van der Waals surface area contributed by atoms with E-state index in [4.69, 9.17) is 4.74 Å². The minimum Gasteiger partial charge on any atom is -0.489 e. The number of aryl methyl sites for hydroxylation is 1. The van der Waals surface area contributed by atoms with Crippen molar-refractivity contribution >= 4 is 0 Å². The topological polar surface area (TPSA) is 21.3 Å². The first-order valence-corrected chi connectivity index (χ1v) is 7.82. The van der Waals surface area contributed by atoms with Crippen LogP contribution in [0.5, 0.6) is 5.75 Å². The zero-order valence-electron chi connectivity index (χ0n) is 12.3. The number of benzene rings is 1. The average molecular weight is 261 g/mol. The van der Waals surface area contributed by atoms with E-state index in [1.165, 1.54) is 37.7 Å². The summed E-state index contributed by atoms with van der Waals surface area (Å²) in [4.78, 5) is 0. The Hall–Kier alpha value is -1.02. The highest BCUT2D eigenvalue weighted by atomic mass is 16.5. The second-order valence-corrected chi connectivity index (χ2v) is 5.50. The summed E-state index contributed by atoms with van der Waals surface area (Å²) >= 11 is 0. The maximum absolute atomic E-state index is 6.20. The molecule has 1 aromatic carbocycles. The number of ether oxygens (including phenoxy) is 1. The van der Waals surface area contributed by atoms with Gasteiger partial charge in [-0.15, -0.1) is 0 Å². The van der Waals surface area contributed by atoms with Crippen LogP contribution >= 0.6 is 0 Å². The van der Waals surface area contributed by atoms with E-state index in [-0.39, 0.29) is 0 Å². The summed E-state index contributed by atoms with van der Waals surface area (Å²) in [5, 5.41) is 3.64. The van der Waals surface area contributed by atoms with Gasteiger partial charge < -0.3 is 10.1 Å². The van der Waals surface area contributed by atoms with Crippen LogP contribution in [0.25, 0.3) is 0 Å². The summed E-state index contributed by atoms with van der Waals surface area (Å²) in [5.41, 5.74) is 1.37. The van der Waals surface area contributed by atoms with Crippen LogP contribution in [0.1, 0.15) is 51.5 Å². The summed E-state index contributed by atoms with van der Waals surface area (Å²) in [6.07, 6.45) is 7.67. The Morgan fingerprint density at radius 3 is 2.53 bits per heavy atom. The summed E-state index contributed by atoms with van der Waals surface area (Å²) < 4.78 is 6.20. The summed E-state index contributed by atoms with van der Waals surface area (Å²) in [7, 11) is 0. The van der Waals surface area contributed by atoms with Crippen LogP contribution in [0.15, 0.2) is 24.3 Å². The normalized spacial score (nSPS) is 23.3. The third-order valence-electron chi connectivity index (χ3n) is 3.98. The molecule has 0 amide bonds. The lowest BCUT2D eigenvalue weighted by Crippen LogP contribution is -2.45. The van der Waals surface area contributed by atoms with E-state index >= 15 is 0 Å². The van der Waals surface area contributed by atoms with Gasteiger partial charge >= 0.3 is 0 Å². The van der Waals surface area contributed by atoms with Crippen molar-refractivity contribution in [1.29, 1.82) is 0 Å². The fourth-order valence-electron chi connectivity index (χ4n) is 2.78. The van der Waals surface area contributed by atoms with Crippen molar-refractivity contribution < 1.29 is 4.74 Å². The van der Waals surface area contributed by atoms with Gasteiger partial charge in [0.25, 0.3) is 0 Å². The molecule has 19 heavy (non-hydrogen) atoms. The molecular weight excluding hydrogens is 234 g/mol. The van der Waals surface area contributed by atoms with E-state index in [1.54, 1.807) is 0 Å². The van der Waals surface area contributed by atoms with E-state index in [2.05, 4.69) is 43.4 Å². The van der Waals surface area contributed by atoms with Crippen LogP contribution in [-0.2, 0) is 6.42 Å². The van der Waals surface area contributed by atoms with E-state index in [0.717, 1.165) is 18.7 Å². The highest BCUT2D eigenvalue weighted by Crippen LogP contribution is 2.24. The standard InChI is InChI=1S/C17H27NO/c1-3-13-18-16-7-5-6-8-17(16)19-15-11-9-14(4-2)10-12-15/h9-12,16-18H,3-8,13H2,1-2H3. The largest absolute Gasteiger partial charge is 0.489 e. The Morgan fingerprint density at radius 1 is 1.11 bits per heavy atom. The van der Waals surface area contributed by atoms with Gasteiger partial charge in [0.05, 0.1) is 0 Å². The molecule has 2 unspecified atom stereocenters. The summed E-state index contributed by atoms with van der Waals surface area (Å²) in [6, 6.07) is 9.10. The second-order valence-electron chi connectivity index (χ2n) is 5.50. The first-order chi connectivity index (χ1) is 9.33. The predicted molar refractivity (Wildman–Crippen MR) is 80.8 cm³/mol. The highest BCUT2D eigenvalue weighted by Gasteiger charge is 2.25. The lowest BCUT2D eigenvalue weighted by molar-refractivity contribution is 0.114. The van der Waals surface area contributed by atoms with Gasteiger partial charge in [0.2, 0.25) is 0 Å². The van der Waals surface area contributed by atoms with Crippen molar-refractivity contribution in [2.45, 2.75) is 64.5 Å². The zero-order valence-corrected chi connectivity index (χ0v) is 12.3. The zero-order chi connectivity index (χ0) is 13.5. The van der Waals surface area contributed by atoms with Gasteiger partial charge in [-0.05, 0) is 56.3 Å². The molecule has 0 aromatic heterocycles. The van der Waals surface area contributed by atoms with E-state index in [1.807, 2.05) is 0 Å². The fraction of sp³-hybridized carbons (Fsp3) is 0.647. The molecule has 0 spiro atoms. The molecular formula is C17H27NO. The number of nitrogens with one attached hydrogen (secondary N) is 1. The highest BCUT2D eigenvalue weighted by molar-refractivity contribution is 5.27. The van der Waals surface area contributed by atoms with E-state index in [0.29, 0.717) is 12.1 Å². The minimum absolute atomic E-state index is 0.341. The molecule has 1 fully saturated rings. The van der Waals surface area contributed by atoms with Crippen LogP contribution in [0.3, 0.4) is 0 Å². The lowest BCUT2D eigenvalue weighted by Gasteiger charge is -2.32. The SMILES string of the molecule is CCCNC1CCCCC1Oc1ccc(CC)cc1. The van der Waals surface area contributed by atoms with Crippen LogP contribution in [-0.4, -0.2) is 18.7 Å². The number of hydrogen-bond acceptors (Lipinski definition) is 2. The molecule has 1 aliphatic carbocycles. The lowest BCUT2D eigenvalue weighted by atomic mass is 9.92. The Bertz CT molecular complexity index is 360. The Labute approximate surface area is 117 Å².